The highest BCUT2D eigenvalue weighted by molar-refractivity contribution is 5.75. The van der Waals surface area contributed by atoms with E-state index in [9.17, 15) is 4.79 Å². The van der Waals surface area contributed by atoms with Gasteiger partial charge >= 0.3 is 5.97 Å². The summed E-state index contributed by atoms with van der Waals surface area (Å²) in [4.78, 5) is 11.5. The predicted molar refractivity (Wildman–Crippen MR) is 60.6 cm³/mol. The number of rotatable bonds is 6. The number of esters is 1. The van der Waals surface area contributed by atoms with Crippen molar-refractivity contribution in [2.75, 3.05) is 13.2 Å². The minimum absolute atomic E-state index is 0.113. The molecule has 0 amide bonds. The van der Waals surface area contributed by atoms with Crippen molar-refractivity contribution in [2.24, 2.45) is 11.3 Å². The average molecular weight is 213 g/mol. The zero-order valence-electron chi connectivity index (χ0n) is 10.3. The second kappa shape index (κ2) is 4.97. The van der Waals surface area contributed by atoms with Crippen molar-refractivity contribution in [3.63, 3.8) is 0 Å². The lowest BCUT2D eigenvalue weighted by Gasteiger charge is -2.15. The molecule has 3 heteroatoms. The third-order valence-electron chi connectivity index (χ3n) is 3.31. The molecule has 0 aromatic heterocycles. The molecule has 15 heavy (non-hydrogen) atoms. The molecule has 0 saturated heterocycles. The molecule has 0 aliphatic heterocycles. The fraction of sp³-hybridized carbons (Fsp3) is 0.917. The Morgan fingerprint density at radius 1 is 1.53 bits per heavy atom. The van der Waals surface area contributed by atoms with Crippen molar-refractivity contribution in [1.82, 2.24) is 5.32 Å². The van der Waals surface area contributed by atoms with Crippen molar-refractivity contribution in [1.29, 1.82) is 0 Å². The zero-order valence-corrected chi connectivity index (χ0v) is 10.3. The third-order valence-corrected chi connectivity index (χ3v) is 3.31. The lowest BCUT2D eigenvalue weighted by Crippen LogP contribution is -2.39. The second-order valence-electron chi connectivity index (χ2n) is 5.01. The van der Waals surface area contributed by atoms with E-state index in [1.54, 1.807) is 0 Å². The summed E-state index contributed by atoms with van der Waals surface area (Å²) in [6.45, 7) is 9.78. The first-order chi connectivity index (χ1) is 7.01. The van der Waals surface area contributed by atoms with Gasteiger partial charge in [0, 0.05) is 0 Å². The Morgan fingerprint density at radius 3 is 2.53 bits per heavy atom. The molecule has 1 saturated carbocycles. The van der Waals surface area contributed by atoms with Gasteiger partial charge in [0.25, 0.3) is 0 Å². The molecule has 1 aliphatic rings. The van der Waals surface area contributed by atoms with Gasteiger partial charge in [-0.2, -0.15) is 0 Å². The van der Waals surface area contributed by atoms with Crippen LogP contribution in [0.2, 0.25) is 0 Å². The average Bonchev–Trinajstić information content (AvgIpc) is 2.75. The van der Waals surface area contributed by atoms with Crippen LogP contribution in [-0.4, -0.2) is 25.2 Å². The predicted octanol–water partition coefficient (Wildman–Crippen LogP) is 1.96. The number of ether oxygens (including phenoxy) is 1. The SMILES string of the molecule is CCOC(=O)C(CC)NCC1CC1(C)C. The van der Waals surface area contributed by atoms with Crippen LogP contribution in [-0.2, 0) is 9.53 Å². The Bertz CT molecular complexity index is 226. The molecule has 0 bridgehead atoms. The van der Waals surface area contributed by atoms with E-state index in [1.165, 1.54) is 6.42 Å². The third kappa shape index (κ3) is 3.49. The second-order valence-corrected chi connectivity index (χ2v) is 5.01. The van der Waals surface area contributed by atoms with Crippen LogP contribution < -0.4 is 5.32 Å². The number of nitrogens with one attached hydrogen (secondary N) is 1. The highest BCUT2D eigenvalue weighted by Gasteiger charge is 2.45. The molecule has 3 nitrogen and oxygen atoms in total. The molecule has 1 aliphatic carbocycles. The van der Waals surface area contributed by atoms with Crippen LogP contribution in [0.5, 0.6) is 0 Å². The minimum atomic E-state index is -0.124. The van der Waals surface area contributed by atoms with Gasteiger partial charge in [0.1, 0.15) is 6.04 Å². The van der Waals surface area contributed by atoms with Crippen LogP contribution in [0.25, 0.3) is 0 Å². The molecule has 0 aromatic rings. The van der Waals surface area contributed by atoms with Crippen molar-refractivity contribution < 1.29 is 9.53 Å². The van der Waals surface area contributed by atoms with E-state index in [0.29, 0.717) is 12.0 Å². The van der Waals surface area contributed by atoms with Gasteiger partial charge < -0.3 is 10.1 Å². The Kier molecular flexibility index (Phi) is 4.14. The van der Waals surface area contributed by atoms with Crippen LogP contribution in [0.3, 0.4) is 0 Å². The molecule has 0 radical (unpaired) electrons. The number of hydrogen-bond donors (Lipinski definition) is 1. The smallest absolute Gasteiger partial charge is 0.323 e. The van der Waals surface area contributed by atoms with Crippen LogP contribution >= 0.6 is 0 Å². The molecule has 1 N–H and O–H groups in total. The highest BCUT2D eigenvalue weighted by atomic mass is 16.5. The van der Waals surface area contributed by atoms with Crippen LogP contribution in [0.1, 0.15) is 40.5 Å². The molecule has 1 fully saturated rings. The summed E-state index contributed by atoms with van der Waals surface area (Å²) in [7, 11) is 0. The van der Waals surface area contributed by atoms with Crippen molar-refractivity contribution in [2.45, 2.75) is 46.6 Å². The molecular weight excluding hydrogens is 190 g/mol. The molecule has 0 spiro atoms. The highest BCUT2D eigenvalue weighted by Crippen LogP contribution is 2.51. The van der Waals surface area contributed by atoms with Gasteiger partial charge in [-0.25, -0.2) is 0 Å². The molecule has 0 heterocycles. The number of carbonyl (C=O) groups excluding carboxylic acids is 1. The maximum absolute atomic E-state index is 11.5. The molecule has 1 rings (SSSR count). The normalized spacial score (nSPS) is 24.7. The monoisotopic (exact) mass is 213 g/mol. The molecule has 2 atom stereocenters. The summed E-state index contributed by atoms with van der Waals surface area (Å²) < 4.78 is 5.00. The van der Waals surface area contributed by atoms with E-state index in [2.05, 4.69) is 19.2 Å². The van der Waals surface area contributed by atoms with Gasteiger partial charge in [-0.3, -0.25) is 4.79 Å². The summed E-state index contributed by atoms with van der Waals surface area (Å²) in [5.74, 6) is 0.611. The van der Waals surface area contributed by atoms with E-state index in [4.69, 9.17) is 4.74 Å². The molecule has 88 valence electrons. The molecule has 2 unspecified atom stereocenters. The summed E-state index contributed by atoms with van der Waals surface area (Å²) in [6.07, 6.45) is 2.06. The standard InChI is InChI=1S/C12H23NO2/c1-5-10(11(14)15-6-2)13-8-9-7-12(9,3)4/h9-10,13H,5-8H2,1-4H3. The Labute approximate surface area is 92.6 Å². The van der Waals surface area contributed by atoms with Gasteiger partial charge in [0.15, 0.2) is 0 Å². The zero-order chi connectivity index (χ0) is 11.5. The largest absolute Gasteiger partial charge is 0.465 e. The Balaban J connectivity index is 2.25. The molecular formula is C12H23NO2. The minimum Gasteiger partial charge on any atom is -0.465 e. The van der Waals surface area contributed by atoms with E-state index in [1.807, 2.05) is 13.8 Å². The van der Waals surface area contributed by atoms with E-state index < -0.39 is 0 Å². The first-order valence-corrected chi connectivity index (χ1v) is 5.91. The fourth-order valence-electron chi connectivity index (χ4n) is 1.85. The van der Waals surface area contributed by atoms with Gasteiger partial charge in [-0.05, 0) is 37.6 Å². The topological polar surface area (TPSA) is 38.3 Å². The van der Waals surface area contributed by atoms with E-state index in [0.717, 1.165) is 18.9 Å². The lowest BCUT2D eigenvalue weighted by molar-refractivity contribution is -0.145. The van der Waals surface area contributed by atoms with Gasteiger partial charge in [0.05, 0.1) is 6.61 Å². The lowest BCUT2D eigenvalue weighted by atomic mass is 10.1. The van der Waals surface area contributed by atoms with Crippen molar-refractivity contribution >= 4 is 5.97 Å². The quantitative estimate of drug-likeness (QED) is 0.685. The van der Waals surface area contributed by atoms with Crippen LogP contribution in [0.15, 0.2) is 0 Å². The van der Waals surface area contributed by atoms with E-state index >= 15 is 0 Å². The van der Waals surface area contributed by atoms with Gasteiger partial charge in [-0.15, -0.1) is 0 Å². The van der Waals surface area contributed by atoms with Crippen molar-refractivity contribution in [3.8, 4) is 0 Å². The van der Waals surface area contributed by atoms with Crippen LogP contribution in [0, 0.1) is 11.3 Å². The first-order valence-electron chi connectivity index (χ1n) is 5.91. The molecule has 0 aromatic carbocycles. The summed E-state index contributed by atoms with van der Waals surface area (Å²) in [5, 5.41) is 3.30. The van der Waals surface area contributed by atoms with E-state index in [-0.39, 0.29) is 12.0 Å². The fourth-order valence-corrected chi connectivity index (χ4v) is 1.85. The summed E-state index contributed by atoms with van der Waals surface area (Å²) in [5.41, 5.74) is 0.472. The Morgan fingerprint density at radius 2 is 2.13 bits per heavy atom. The Hall–Kier alpha value is -0.570. The van der Waals surface area contributed by atoms with Gasteiger partial charge in [0.2, 0.25) is 0 Å². The van der Waals surface area contributed by atoms with Gasteiger partial charge in [-0.1, -0.05) is 20.8 Å². The maximum atomic E-state index is 11.5. The summed E-state index contributed by atoms with van der Waals surface area (Å²) in [6, 6.07) is -0.124. The van der Waals surface area contributed by atoms with Crippen LogP contribution in [0.4, 0.5) is 0 Å². The number of hydrogen-bond acceptors (Lipinski definition) is 3. The maximum Gasteiger partial charge on any atom is 0.323 e. The van der Waals surface area contributed by atoms with Crippen molar-refractivity contribution in [3.05, 3.63) is 0 Å². The summed E-state index contributed by atoms with van der Waals surface area (Å²) >= 11 is 0. The number of carbonyl (C=O) groups is 1. The first kappa shape index (κ1) is 12.5.